The molecule has 35 heavy (non-hydrogen) atoms. The number of thiazole rings is 1. The Kier molecular flexibility index (Phi) is 7.87. The lowest BCUT2D eigenvalue weighted by Crippen LogP contribution is -2.40. The van der Waals surface area contributed by atoms with Crippen LogP contribution in [0.3, 0.4) is 0 Å². The molecule has 0 bridgehead atoms. The molecule has 1 amide bonds. The lowest BCUT2D eigenvalue weighted by atomic mass is 10.1. The van der Waals surface area contributed by atoms with Crippen molar-refractivity contribution in [3.05, 3.63) is 53.1 Å². The number of sulfonamides is 1. The van der Waals surface area contributed by atoms with Gasteiger partial charge in [0.1, 0.15) is 0 Å². The fraction of sp³-hybridized carbons (Fsp3) is 0.440. The second-order valence-electron chi connectivity index (χ2n) is 9.08. The van der Waals surface area contributed by atoms with E-state index in [2.05, 4.69) is 24.0 Å². The van der Waals surface area contributed by atoms with E-state index in [1.807, 2.05) is 21.0 Å². The highest BCUT2D eigenvalue weighted by molar-refractivity contribution is 7.89. The van der Waals surface area contributed by atoms with Crippen molar-refractivity contribution >= 4 is 42.6 Å². The average molecular weight is 517 g/mol. The minimum absolute atomic E-state index is 0.182. The van der Waals surface area contributed by atoms with Crippen LogP contribution in [0.1, 0.15) is 27.9 Å². The molecule has 1 fully saturated rings. The fourth-order valence-corrected chi connectivity index (χ4v) is 6.74. The number of morpholine rings is 1. The van der Waals surface area contributed by atoms with Crippen molar-refractivity contribution in [1.82, 2.24) is 14.2 Å². The second-order valence-corrected chi connectivity index (χ2v) is 12.0. The Morgan fingerprint density at radius 3 is 2.43 bits per heavy atom. The predicted molar refractivity (Wildman–Crippen MR) is 140 cm³/mol. The molecule has 0 spiro atoms. The van der Waals surface area contributed by atoms with E-state index in [1.54, 1.807) is 17.0 Å². The van der Waals surface area contributed by atoms with Gasteiger partial charge < -0.3 is 9.64 Å². The number of aryl methyl sites for hydroxylation is 2. The van der Waals surface area contributed by atoms with Gasteiger partial charge in [0.25, 0.3) is 5.91 Å². The molecule has 0 N–H and O–H groups in total. The molecule has 2 heterocycles. The maximum absolute atomic E-state index is 13.6. The van der Waals surface area contributed by atoms with E-state index in [1.165, 1.54) is 27.8 Å². The highest BCUT2D eigenvalue weighted by Crippen LogP contribution is 2.32. The summed E-state index contributed by atoms with van der Waals surface area (Å²) in [5.41, 5.74) is 3.59. The van der Waals surface area contributed by atoms with Crippen LogP contribution in [0.25, 0.3) is 10.2 Å². The maximum Gasteiger partial charge on any atom is 0.260 e. The van der Waals surface area contributed by atoms with E-state index in [9.17, 15) is 13.2 Å². The molecule has 4 rings (SSSR count). The van der Waals surface area contributed by atoms with Gasteiger partial charge >= 0.3 is 0 Å². The van der Waals surface area contributed by atoms with Crippen molar-refractivity contribution in [1.29, 1.82) is 0 Å². The average Bonchev–Trinajstić information content (AvgIpc) is 3.26. The Morgan fingerprint density at radius 2 is 1.77 bits per heavy atom. The number of rotatable bonds is 8. The summed E-state index contributed by atoms with van der Waals surface area (Å²) in [5, 5.41) is 0.655. The van der Waals surface area contributed by atoms with E-state index in [-0.39, 0.29) is 10.8 Å². The van der Waals surface area contributed by atoms with Crippen molar-refractivity contribution in [3.8, 4) is 0 Å². The summed E-state index contributed by atoms with van der Waals surface area (Å²) in [6, 6.07) is 10.4. The summed E-state index contributed by atoms with van der Waals surface area (Å²) >= 11 is 1.51. The minimum Gasteiger partial charge on any atom is -0.379 e. The lowest BCUT2D eigenvalue weighted by molar-refractivity contribution is 0.0730. The van der Waals surface area contributed by atoms with Gasteiger partial charge in [-0.15, -0.1) is 0 Å². The van der Waals surface area contributed by atoms with Crippen LogP contribution in [0.4, 0.5) is 5.13 Å². The number of carbonyl (C=O) groups excluding carboxylic acids is 1. The Balaban J connectivity index is 1.62. The molecule has 2 aromatic carbocycles. The van der Waals surface area contributed by atoms with Crippen LogP contribution in [-0.2, 0) is 14.8 Å². The SMILES string of the molecule is Cc1cc(C)c2nc(N(CCCN(C)C)C(=O)c3ccc(S(=O)(=O)N4CCOCC4)cc3)sc2c1. The largest absolute Gasteiger partial charge is 0.379 e. The molecule has 0 radical (unpaired) electrons. The van der Waals surface area contributed by atoms with Crippen molar-refractivity contribution in [2.45, 2.75) is 25.2 Å². The van der Waals surface area contributed by atoms with Gasteiger partial charge in [-0.2, -0.15) is 4.31 Å². The number of anilines is 1. The Hall–Kier alpha value is -2.37. The van der Waals surface area contributed by atoms with Crippen molar-refractivity contribution in [2.75, 3.05) is 58.4 Å². The van der Waals surface area contributed by atoms with Crippen LogP contribution in [-0.4, -0.2) is 82.0 Å². The first-order valence-electron chi connectivity index (χ1n) is 11.7. The Labute approximate surface area is 211 Å². The third-order valence-electron chi connectivity index (χ3n) is 5.99. The van der Waals surface area contributed by atoms with E-state index in [0.717, 1.165) is 34.3 Å². The molecule has 0 unspecified atom stereocenters. The molecule has 0 aliphatic carbocycles. The second kappa shape index (κ2) is 10.7. The van der Waals surface area contributed by atoms with Crippen LogP contribution in [0, 0.1) is 13.8 Å². The van der Waals surface area contributed by atoms with Crippen LogP contribution in [0.5, 0.6) is 0 Å². The summed E-state index contributed by atoms with van der Waals surface area (Å²) in [6.07, 6.45) is 0.788. The normalized spacial score (nSPS) is 15.1. The van der Waals surface area contributed by atoms with E-state index in [0.29, 0.717) is 43.5 Å². The molecule has 0 saturated carbocycles. The first-order chi connectivity index (χ1) is 16.7. The molecule has 1 aliphatic heterocycles. The molecule has 3 aromatic rings. The van der Waals surface area contributed by atoms with Gasteiger partial charge in [-0.25, -0.2) is 13.4 Å². The summed E-state index contributed by atoms with van der Waals surface area (Å²) < 4.78 is 33.6. The highest BCUT2D eigenvalue weighted by atomic mass is 32.2. The quantitative estimate of drug-likeness (QED) is 0.456. The first-order valence-corrected chi connectivity index (χ1v) is 13.9. The van der Waals surface area contributed by atoms with E-state index in [4.69, 9.17) is 9.72 Å². The van der Waals surface area contributed by atoms with Crippen LogP contribution in [0.15, 0.2) is 41.3 Å². The summed E-state index contributed by atoms with van der Waals surface area (Å²) in [5.74, 6) is -0.187. The van der Waals surface area contributed by atoms with Gasteiger partial charge in [0, 0.05) is 25.2 Å². The third kappa shape index (κ3) is 5.73. The number of aromatic nitrogens is 1. The fourth-order valence-electron chi connectivity index (χ4n) is 4.16. The van der Waals surface area contributed by atoms with Gasteiger partial charge in [-0.1, -0.05) is 17.4 Å². The molecule has 1 aliphatic rings. The molecule has 8 nitrogen and oxygen atoms in total. The molecule has 0 atom stereocenters. The monoisotopic (exact) mass is 516 g/mol. The van der Waals surface area contributed by atoms with Crippen LogP contribution < -0.4 is 4.90 Å². The van der Waals surface area contributed by atoms with Gasteiger partial charge in [0.15, 0.2) is 5.13 Å². The number of nitrogens with zero attached hydrogens (tertiary/aromatic N) is 4. The number of carbonyl (C=O) groups is 1. The number of ether oxygens (including phenoxy) is 1. The Bertz CT molecular complexity index is 1300. The highest BCUT2D eigenvalue weighted by Gasteiger charge is 2.27. The molecular weight excluding hydrogens is 484 g/mol. The zero-order chi connectivity index (χ0) is 25.2. The predicted octanol–water partition coefficient (Wildman–Crippen LogP) is 3.53. The number of hydrogen-bond acceptors (Lipinski definition) is 7. The molecule has 10 heteroatoms. The smallest absolute Gasteiger partial charge is 0.260 e. The van der Waals surface area contributed by atoms with E-state index < -0.39 is 10.0 Å². The van der Waals surface area contributed by atoms with Gasteiger partial charge in [0.2, 0.25) is 10.0 Å². The summed E-state index contributed by atoms with van der Waals surface area (Å²) in [6.45, 7) is 6.88. The number of benzene rings is 2. The zero-order valence-corrected chi connectivity index (χ0v) is 22.3. The zero-order valence-electron chi connectivity index (χ0n) is 20.7. The van der Waals surface area contributed by atoms with E-state index >= 15 is 0 Å². The molecule has 188 valence electrons. The summed E-state index contributed by atoms with van der Waals surface area (Å²) in [7, 11) is 0.393. The molecule has 1 saturated heterocycles. The maximum atomic E-state index is 13.6. The number of fused-ring (bicyclic) bond motifs is 1. The van der Waals surface area contributed by atoms with Crippen LogP contribution in [0.2, 0.25) is 0 Å². The standard InChI is InChI=1S/C25H32N4O4S2/c1-18-16-19(2)23-22(17-18)34-25(26-23)29(11-5-10-27(3)4)24(30)20-6-8-21(9-7-20)35(31,32)28-12-14-33-15-13-28/h6-9,16-17H,5,10-15H2,1-4H3. The lowest BCUT2D eigenvalue weighted by Gasteiger charge is -2.26. The van der Waals surface area contributed by atoms with Gasteiger partial charge in [-0.3, -0.25) is 9.69 Å². The van der Waals surface area contributed by atoms with Crippen molar-refractivity contribution < 1.29 is 17.9 Å². The third-order valence-corrected chi connectivity index (χ3v) is 8.93. The molecular formula is C25H32N4O4S2. The number of amides is 1. The summed E-state index contributed by atoms with van der Waals surface area (Å²) in [4.78, 5) is 22.4. The minimum atomic E-state index is -3.61. The topological polar surface area (TPSA) is 83.1 Å². The first kappa shape index (κ1) is 25.7. The van der Waals surface area contributed by atoms with Crippen LogP contribution >= 0.6 is 11.3 Å². The molecule has 1 aromatic heterocycles. The van der Waals surface area contributed by atoms with Gasteiger partial charge in [0.05, 0.1) is 28.3 Å². The number of hydrogen-bond donors (Lipinski definition) is 0. The Morgan fingerprint density at radius 1 is 1.09 bits per heavy atom. The van der Waals surface area contributed by atoms with Gasteiger partial charge in [-0.05, 0) is 82.4 Å². The van der Waals surface area contributed by atoms with Crippen molar-refractivity contribution in [3.63, 3.8) is 0 Å². The van der Waals surface area contributed by atoms with Crippen molar-refractivity contribution in [2.24, 2.45) is 0 Å².